The van der Waals surface area contributed by atoms with Crippen molar-refractivity contribution in [2.24, 2.45) is 5.73 Å². The van der Waals surface area contributed by atoms with E-state index in [9.17, 15) is 24.3 Å². The molecule has 0 saturated carbocycles. The maximum atomic E-state index is 12.7. The molecule has 3 rings (SSSR count). The van der Waals surface area contributed by atoms with Crippen molar-refractivity contribution in [1.82, 2.24) is 15.5 Å². The van der Waals surface area contributed by atoms with Gasteiger partial charge in [0.05, 0.1) is 12.5 Å². The van der Waals surface area contributed by atoms with Crippen LogP contribution in [0.1, 0.15) is 18.1 Å². The van der Waals surface area contributed by atoms with E-state index in [4.69, 9.17) is 16.9 Å². The standard InChI is InChI=1S/C25H28N4O6S/c1-3-19(5-4-10-26)27-12-17-8-6-16(7-9-17)11-20(31)28-21-23(32)29-22(25(33)34)18(13-35-15(2)30)14-36-24(21)29/h1,4-9,19,21,24,27H,10-14,26H2,2H3,(H,28,31)(H,33,34). The zero-order chi connectivity index (χ0) is 26.2. The first-order chi connectivity index (χ1) is 17.2. The van der Waals surface area contributed by atoms with E-state index in [2.05, 4.69) is 16.6 Å². The SMILES string of the molecule is C#CC(C=CCN)NCc1ccc(CC(=O)NC2C(=O)N3C(C(=O)O)=C(COC(C)=O)CSC23)cc1. The largest absolute Gasteiger partial charge is 0.477 e. The smallest absolute Gasteiger partial charge is 0.352 e. The van der Waals surface area contributed by atoms with E-state index in [0.717, 1.165) is 16.0 Å². The van der Waals surface area contributed by atoms with Crippen molar-refractivity contribution in [3.8, 4) is 12.3 Å². The van der Waals surface area contributed by atoms with E-state index >= 15 is 0 Å². The van der Waals surface area contributed by atoms with Gasteiger partial charge in [-0.15, -0.1) is 18.2 Å². The molecular weight excluding hydrogens is 484 g/mol. The first kappa shape index (κ1) is 27.0. The van der Waals surface area contributed by atoms with Crippen LogP contribution in [0.4, 0.5) is 0 Å². The molecule has 3 unspecified atom stereocenters. The molecule has 2 aliphatic rings. The molecule has 1 aromatic rings. The summed E-state index contributed by atoms with van der Waals surface area (Å²) in [5.41, 5.74) is 7.35. The summed E-state index contributed by atoms with van der Waals surface area (Å²) in [6.07, 6.45) is 9.17. The van der Waals surface area contributed by atoms with Crippen LogP contribution in [-0.2, 0) is 36.9 Å². The molecule has 0 bridgehead atoms. The summed E-state index contributed by atoms with van der Waals surface area (Å²) in [7, 11) is 0. The number of amides is 2. The van der Waals surface area contributed by atoms with Crippen LogP contribution in [0, 0.1) is 12.3 Å². The number of nitrogens with two attached hydrogens (primary N) is 1. The maximum Gasteiger partial charge on any atom is 0.352 e. The van der Waals surface area contributed by atoms with Gasteiger partial charge in [-0.05, 0) is 11.1 Å². The first-order valence-corrected chi connectivity index (χ1v) is 12.3. The second-order valence-electron chi connectivity index (χ2n) is 8.17. The minimum Gasteiger partial charge on any atom is -0.477 e. The molecule has 11 heteroatoms. The Hall–Kier alpha value is -3.59. The molecule has 0 aliphatic carbocycles. The summed E-state index contributed by atoms with van der Waals surface area (Å²) in [6.45, 7) is 1.98. The molecule has 1 fully saturated rings. The zero-order valence-electron chi connectivity index (χ0n) is 19.7. The fourth-order valence-electron chi connectivity index (χ4n) is 3.79. The van der Waals surface area contributed by atoms with E-state index in [-0.39, 0.29) is 36.4 Å². The molecule has 1 aromatic carbocycles. The average molecular weight is 513 g/mol. The number of fused-ring (bicyclic) bond motifs is 1. The molecule has 0 radical (unpaired) electrons. The summed E-state index contributed by atoms with van der Waals surface area (Å²) < 4.78 is 4.92. The van der Waals surface area contributed by atoms with Crippen molar-refractivity contribution in [1.29, 1.82) is 0 Å². The highest BCUT2D eigenvalue weighted by Gasteiger charge is 2.54. The Kier molecular flexibility index (Phi) is 9.30. The zero-order valence-corrected chi connectivity index (χ0v) is 20.5. The number of nitrogens with one attached hydrogen (secondary N) is 2. The lowest BCUT2D eigenvalue weighted by atomic mass is 10.0. The van der Waals surface area contributed by atoms with E-state index in [0.29, 0.717) is 18.7 Å². The number of rotatable bonds is 11. The molecule has 36 heavy (non-hydrogen) atoms. The predicted octanol–water partition coefficient (Wildman–Crippen LogP) is 0.137. The lowest BCUT2D eigenvalue weighted by Gasteiger charge is -2.49. The van der Waals surface area contributed by atoms with Crippen LogP contribution < -0.4 is 16.4 Å². The molecule has 10 nitrogen and oxygen atoms in total. The number of carboxylic acids is 1. The number of terminal acetylenes is 1. The summed E-state index contributed by atoms with van der Waals surface area (Å²) in [5.74, 6) is 0.226. The number of thioether (sulfide) groups is 1. The van der Waals surface area contributed by atoms with Gasteiger partial charge in [0.25, 0.3) is 5.91 Å². The number of nitrogens with zero attached hydrogens (tertiary/aromatic N) is 1. The normalized spacial score (nSPS) is 19.8. The highest BCUT2D eigenvalue weighted by Crippen LogP contribution is 2.40. The third-order valence-corrected chi connectivity index (χ3v) is 6.91. The fourth-order valence-corrected chi connectivity index (χ4v) is 5.12. The Morgan fingerprint density at radius 1 is 1.33 bits per heavy atom. The van der Waals surface area contributed by atoms with Crippen LogP contribution in [0.2, 0.25) is 0 Å². The lowest BCUT2D eigenvalue weighted by Crippen LogP contribution is -2.70. The van der Waals surface area contributed by atoms with Gasteiger partial charge in [-0.2, -0.15) is 0 Å². The molecule has 2 aliphatic heterocycles. The molecule has 190 valence electrons. The lowest BCUT2D eigenvalue weighted by molar-refractivity contribution is -0.151. The van der Waals surface area contributed by atoms with Crippen molar-refractivity contribution in [2.75, 3.05) is 18.9 Å². The fraction of sp³-hybridized carbons (Fsp3) is 0.360. The van der Waals surface area contributed by atoms with Gasteiger partial charge in [-0.25, -0.2) is 4.79 Å². The van der Waals surface area contributed by atoms with Gasteiger partial charge in [0.1, 0.15) is 23.7 Å². The van der Waals surface area contributed by atoms with Crippen molar-refractivity contribution < 1.29 is 29.0 Å². The van der Waals surface area contributed by atoms with Gasteiger partial charge in [0, 0.05) is 31.3 Å². The first-order valence-electron chi connectivity index (χ1n) is 11.2. The molecule has 2 heterocycles. The van der Waals surface area contributed by atoms with Crippen LogP contribution in [0.15, 0.2) is 47.7 Å². The molecular formula is C25H28N4O6S. The van der Waals surface area contributed by atoms with Crippen LogP contribution >= 0.6 is 11.8 Å². The Balaban J connectivity index is 1.55. The summed E-state index contributed by atoms with van der Waals surface area (Å²) in [5, 5.41) is 15.0. The molecule has 3 atom stereocenters. The Labute approximate surface area is 213 Å². The average Bonchev–Trinajstić information content (AvgIpc) is 2.86. The maximum absolute atomic E-state index is 12.7. The van der Waals surface area contributed by atoms with E-state index in [1.165, 1.54) is 18.7 Å². The van der Waals surface area contributed by atoms with Gasteiger partial charge in [-0.1, -0.05) is 42.3 Å². The number of hydrogen-bond donors (Lipinski definition) is 4. The van der Waals surface area contributed by atoms with Crippen LogP contribution in [0.3, 0.4) is 0 Å². The van der Waals surface area contributed by atoms with Crippen LogP contribution in [0.5, 0.6) is 0 Å². The van der Waals surface area contributed by atoms with Gasteiger partial charge in [-0.3, -0.25) is 24.6 Å². The van der Waals surface area contributed by atoms with Crippen molar-refractivity contribution >= 4 is 35.5 Å². The number of carbonyl (C=O) groups is 4. The molecule has 1 saturated heterocycles. The molecule has 0 spiro atoms. The van der Waals surface area contributed by atoms with Crippen molar-refractivity contribution in [2.45, 2.75) is 37.3 Å². The van der Waals surface area contributed by atoms with E-state index < -0.39 is 29.3 Å². The number of carbonyl (C=O) groups excluding carboxylic acids is 3. The van der Waals surface area contributed by atoms with Gasteiger partial charge < -0.3 is 20.9 Å². The summed E-state index contributed by atoms with van der Waals surface area (Å²) >= 11 is 1.32. The van der Waals surface area contributed by atoms with Crippen molar-refractivity contribution in [3.05, 3.63) is 58.8 Å². The van der Waals surface area contributed by atoms with Gasteiger partial charge >= 0.3 is 11.9 Å². The van der Waals surface area contributed by atoms with E-state index in [1.807, 2.05) is 30.3 Å². The van der Waals surface area contributed by atoms with Crippen molar-refractivity contribution in [3.63, 3.8) is 0 Å². The number of ether oxygens (including phenoxy) is 1. The minimum absolute atomic E-state index is 0.0699. The monoisotopic (exact) mass is 512 g/mol. The Morgan fingerprint density at radius 3 is 2.64 bits per heavy atom. The summed E-state index contributed by atoms with van der Waals surface area (Å²) in [4.78, 5) is 49.3. The quantitative estimate of drug-likeness (QED) is 0.140. The van der Waals surface area contributed by atoms with Gasteiger partial charge in [0.2, 0.25) is 5.91 Å². The third-order valence-electron chi connectivity index (χ3n) is 5.57. The number of esters is 1. The second kappa shape index (κ2) is 12.4. The Bertz CT molecular complexity index is 1120. The molecule has 5 N–H and O–H groups in total. The molecule has 2 amide bonds. The number of aliphatic carboxylic acids is 1. The second-order valence-corrected chi connectivity index (χ2v) is 9.28. The van der Waals surface area contributed by atoms with Crippen LogP contribution in [-0.4, -0.2) is 70.1 Å². The highest BCUT2D eigenvalue weighted by molar-refractivity contribution is 8.00. The summed E-state index contributed by atoms with van der Waals surface area (Å²) in [6, 6.07) is 6.38. The predicted molar refractivity (Wildman–Crippen MR) is 134 cm³/mol. The minimum atomic E-state index is -1.28. The number of β-lactam (4-membered cyclic amide) rings is 1. The number of carboxylic acid groups (broad SMARTS) is 1. The van der Waals surface area contributed by atoms with Crippen LogP contribution in [0.25, 0.3) is 0 Å². The van der Waals surface area contributed by atoms with E-state index in [1.54, 1.807) is 6.08 Å². The third kappa shape index (κ3) is 6.54. The highest BCUT2D eigenvalue weighted by atomic mass is 32.2. The molecule has 0 aromatic heterocycles. The van der Waals surface area contributed by atoms with Gasteiger partial charge in [0.15, 0.2) is 0 Å². The number of hydrogen-bond acceptors (Lipinski definition) is 8. The Morgan fingerprint density at radius 2 is 2.03 bits per heavy atom. The number of benzene rings is 1. The topological polar surface area (TPSA) is 151 Å².